The Morgan fingerprint density at radius 3 is 2.72 bits per heavy atom. The van der Waals surface area contributed by atoms with Crippen LogP contribution in [0.3, 0.4) is 0 Å². The van der Waals surface area contributed by atoms with Crippen LogP contribution in [-0.4, -0.2) is 12.0 Å². The van der Waals surface area contributed by atoms with Crippen LogP contribution in [0.5, 0.6) is 11.6 Å². The number of halogens is 1. The standard InChI is InChI=1S/C14H15BrN2O/c1-10-7-12(4-5-13(10)15)18-14-6-3-11(8-16-2)9-17-14/h3-7,9,16H,8H2,1-2H3. The molecule has 0 amide bonds. The highest BCUT2D eigenvalue weighted by molar-refractivity contribution is 9.10. The maximum absolute atomic E-state index is 5.69. The third-order valence-electron chi connectivity index (χ3n) is 2.53. The Kier molecular flexibility index (Phi) is 4.33. The molecular formula is C14H15BrN2O. The van der Waals surface area contributed by atoms with Gasteiger partial charge in [0.15, 0.2) is 0 Å². The molecule has 94 valence electrons. The van der Waals surface area contributed by atoms with Crippen LogP contribution in [0.25, 0.3) is 0 Å². The molecule has 0 radical (unpaired) electrons. The molecule has 3 nitrogen and oxygen atoms in total. The van der Waals surface area contributed by atoms with Crippen molar-refractivity contribution < 1.29 is 4.74 Å². The Bertz CT molecular complexity index is 526. The largest absolute Gasteiger partial charge is 0.439 e. The van der Waals surface area contributed by atoms with Gasteiger partial charge in [-0.05, 0) is 43.3 Å². The first-order valence-corrected chi connectivity index (χ1v) is 6.52. The van der Waals surface area contributed by atoms with Crippen molar-refractivity contribution in [2.24, 2.45) is 0 Å². The minimum Gasteiger partial charge on any atom is -0.439 e. The van der Waals surface area contributed by atoms with E-state index in [1.807, 2.05) is 50.5 Å². The number of aromatic nitrogens is 1. The van der Waals surface area contributed by atoms with Crippen LogP contribution in [0.4, 0.5) is 0 Å². The molecule has 0 spiro atoms. The van der Waals surface area contributed by atoms with Gasteiger partial charge in [-0.3, -0.25) is 0 Å². The topological polar surface area (TPSA) is 34.1 Å². The Labute approximate surface area is 115 Å². The maximum Gasteiger partial charge on any atom is 0.219 e. The molecule has 1 aromatic heterocycles. The fourth-order valence-corrected chi connectivity index (χ4v) is 1.83. The van der Waals surface area contributed by atoms with Gasteiger partial charge in [0.05, 0.1) is 0 Å². The lowest BCUT2D eigenvalue weighted by Gasteiger charge is -2.07. The van der Waals surface area contributed by atoms with E-state index in [2.05, 4.69) is 26.2 Å². The quantitative estimate of drug-likeness (QED) is 0.936. The molecule has 1 aromatic carbocycles. The second kappa shape index (κ2) is 5.98. The number of nitrogens with one attached hydrogen (secondary N) is 1. The molecule has 0 aliphatic rings. The molecule has 1 heterocycles. The van der Waals surface area contributed by atoms with Gasteiger partial charge in [0.25, 0.3) is 0 Å². The van der Waals surface area contributed by atoms with Crippen molar-refractivity contribution in [3.05, 3.63) is 52.1 Å². The molecule has 2 aromatic rings. The van der Waals surface area contributed by atoms with E-state index in [9.17, 15) is 0 Å². The van der Waals surface area contributed by atoms with Gasteiger partial charge in [0.2, 0.25) is 5.88 Å². The first-order chi connectivity index (χ1) is 8.69. The fourth-order valence-electron chi connectivity index (χ4n) is 1.58. The highest BCUT2D eigenvalue weighted by atomic mass is 79.9. The molecular weight excluding hydrogens is 292 g/mol. The van der Waals surface area contributed by atoms with Gasteiger partial charge >= 0.3 is 0 Å². The second-order valence-electron chi connectivity index (χ2n) is 4.05. The predicted octanol–water partition coefficient (Wildman–Crippen LogP) is 3.66. The minimum absolute atomic E-state index is 0.608. The van der Waals surface area contributed by atoms with Crippen molar-refractivity contribution in [2.45, 2.75) is 13.5 Å². The summed E-state index contributed by atoms with van der Waals surface area (Å²) in [6.45, 7) is 2.84. The average Bonchev–Trinajstić information content (AvgIpc) is 2.37. The number of pyridine rings is 1. The molecule has 4 heteroatoms. The van der Waals surface area contributed by atoms with E-state index < -0.39 is 0 Å². The smallest absolute Gasteiger partial charge is 0.219 e. The monoisotopic (exact) mass is 306 g/mol. The van der Waals surface area contributed by atoms with Crippen molar-refractivity contribution in [3.63, 3.8) is 0 Å². The lowest BCUT2D eigenvalue weighted by atomic mass is 10.2. The zero-order chi connectivity index (χ0) is 13.0. The zero-order valence-electron chi connectivity index (χ0n) is 10.4. The summed E-state index contributed by atoms with van der Waals surface area (Å²) in [6, 6.07) is 9.75. The molecule has 0 saturated heterocycles. The van der Waals surface area contributed by atoms with Crippen molar-refractivity contribution in [3.8, 4) is 11.6 Å². The van der Waals surface area contributed by atoms with E-state index in [-0.39, 0.29) is 0 Å². The van der Waals surface area contributed by atoms with E-state index >= 15 is 0 Å². The van der Waals surface area contributed by atoms with Crippen molar-refractivity contribution in [2.75, 3.05) is 7.05 Å². The van der Waals surface area contributed by atoms with Crippen LogP contribution in [0.15, 0.2) is 41.0 Å². The van der Waals surface area contributed by atoms with E-state index in [4.69, 9.17) is 4.74 Å². The summed E-state index contributed by atoms with van der Waals surface area (Å²) in [5.41, 5.74) is 2.27. The van der Waals surface area contributed by atoms with Crippen LogP contribution in [0.1, 0.15) is 11.1 Å². The zero-order valence-corrected chi connectivity index (χ0v) is 12.0. The van der Waals surface area contributed by atoms with E-state index in [1.54, 1.807) is 0 Å². The molecule has 0 fully saturated rings. The van der Waals surface area contributed by atoms with E-state index in [0.29, 0.717) is 5.88 Å². The van der Waals surface area contributed by atoms with Crippen molar-refractivity contribution >= 4 is 15.9 Å². The molecule has 2 rings (SSSR count). The fraction of sp³-hybridized carbons (Fsp3) is 0.214. The molecule has 1 N–H and O–H groups in total. The summed E-state index contributed by atoms with van der Waals surface area (Å²) in [5, 5.41) is 3.08. The number of hydrogen-bond donors (Lipinski definition) is 1. The maximum atomic E-state index is 5.69. The summed E-state index contributed by atoms with van der Waals surface area (Å²) in [4.78, 5) is 4.27. The summed E-state index contributed by atoms with van der Waals surface area (Å²) < 4.78 is 6.77. The third kappa shape index (κ3) is 3.31. The number of rotatable bonds is 4. The molecule has 0 unspecified atom stereocenters. The highest BCUT2D eigenvalue weighted by Crippen LogP contribution is 2.25. The first-order valence-electron chi connectivity index (χ1n) is 5.72. The number of benzene rings is 1. The molecule has 0 saturated carbocycles. The molecule has 0 bridgehead atoms. The van der Waals surface area contributed by atoms with Gasteiger partial charge in [-0.15, -0.1) is 0 Å². The van der Waals surface area contributed by atoms with Gasteiger partial charge in [0, 0.05) is 23.3 Å². The summed E-state index contributed by atoms with van der Waals surface area (Å²) in [5.74, 6) is 1.40. The Hall–Kier alpha value is -1.39. The van der Waals surface area contributed by atoms with Crippen LogP contribution in [-0.2, 0) is 6.54 Å². The molecule has 0 aliphatic heterocycles. The third-order valence-corrected chi connectivity index (χ3v) is 3.42. The molecule has 0 aliphatic carbocycles. The molecule has 0 atom stereocenters. The van der Waals surface area contributed by atoms with E-state index in [1.165, 1.54) is 0 Å². The van der Waals surface area contributed by atoms with Gasteiger partial charge in [-0.25, -0.2) is 4.98 Å². The summed E-state index contributed by atoms with van der Waals surface area (Å²) in [6.07, 6.45) is 1.82. The average molecular weight is 307 g/mol. The predicted molar refractivity (Wildman–Crippen MR) is 76.0 cm³/mol. The highest BCUT2D eigenvalue weighted by Gasteiger charge is 2.01. The van der Waals surface area contributed by atoms with Gasteiger partial charge < -0.3 is 10.1 Å². The molecule has 18 heavy (non-hydrogen) atoms. The number of hydrogen-bond acceptors (Lipinski definition) is 3. The van der Waals surface area contributed by atoms with Crippen LogP contribution in [0, 0.1) is 6.92 Å². The SMILES string of the molecule is CNCc1ccc(Oc2ccc(Br)c(C)c2)nc1. The van der Waals surface area contributed by atoms with Gasteiger partial charge in [-0.2, -0.15) is 0 Å². The summed E-state index contributed by atoms with van der Waals surface area (Å²) in [7, 11) is 1.91. The number of ether oxygens (including phenoxy) is 1. The lowest BCUT2D eigenvalue weighted by Crippen LogP contribution is -2.05. The lowest BCUT2D eigenvalue weighted by molar-refractivity contribution is 0.462. The van der Waals surface area contributed by atoms with Crippen LogP contribution in [0.2, 0.25) is 0 Å². The Morgan fingerprint density at radius 2 is 2.11 bits per heavy atom. The second-order valence-corrected chi connectivity index (χ2v) is 4.90. The summed E-state index contributed by atoms with van der Waals surface area (Å²) >= 11 is 3.46. The number of nitrogens with zero attached hydrogens (tertiary/aromatic N) is 1. The first kappa shape index (κ1) is 13.1. The Balaban J connectivity index is 2.10. The Morgan fingerprint density at radius 1 is 1.28 bits per heavy atom. The minimum atomic E-state index is 0.608. The van der Waals surface area contributed by atoms with Gasteiger partial charge in [0.1, 0.15) is 5.75 Å². The van der Waals surface area contributed by atoms with Crippen molar-refractivity contribution in [1.29, 1.82) is 0 Å². The normalized spacial score (nSPS) is 10.4. The number of aryl methyl sites for hydroxylation is 1. The van der Waals surface area contributed by atoms with Crippen LogP contribution >= 0.6 is 15.9 Å². The van der Waals surface area contributed by atoms with Crippen LogP contribution < -0.4 is 10.1 Å². The van der Waals surface area contributed by atoms with Crippen molar-refractivity contribution in [1.82, 2.24) is 10.3 Å². The van der Waals surface area contributed by atoms with Gasteiger partial charge in [-0.1, -0.05) is 22.0 Å². The van der Waals surface area contributed by atoms with E-state index in [0.717, 1.165) is 27.9 Å².